The highest BCUT2D eigenvalue weighted by atomic mass is 32.1. The van der Waals surface area contributed by atoms with Crippen LogP contribution in [0.3, 0.4) is 0 Å². The fraction of sp³-hybridized carbons (Fsp3) is 0.923. The van der Waals surface area contributed by atoms with Gasteiger partial charge < -0.3 is 10.5 Å². The van der Waals surface area contributed by atoms with Gasteiger partial charge in [0.15, 0.2) is 0 Å². The van der Waals surface area contributed by atoms with Gasteiger partial charge >= 0.3 is 0 Å². The highest BCUT2D eigenvalue weighted by Crippen LogP contribution is 2.31. The zero-order valence-electron chi connectivity index (χ0n) is 10.7. The lowest BCUT2D eigenvalue weighted by molar-refractivity contribution is -0.0305. The van der Waals surface area contributed by atoms with Gasteiger partial charge in [0.25, 0.3) is 0 Å². The molecule has 3 nitrogen and oxygen atoms in total. The van der Waals surface area contributed by atoms with Gasteiger partial charge in [-0.25, -0.2) is 0 Å². The quantitative estimate of drug-likeness (QED) is 0.783. The molecule has 0 amide bonds. The van der Waals surface area contributed by atoms with Gasteiger partial charge in [-0.05, 0) is 18.8 Å². The maximum absolute atomic E-state index is 5.71. The van der Waals surface area contributed by atoms with Gasteiger partial charge in [-0.1, -0.05) is 38.4 Å². The van der Waals surface area contributed by atoms with Crippen molar-refractivity contribution in [3.8, 4) is 0 Å². The molecule has 1 aliphatic heterocycles. The van der Waals surface area contributed by atoms with Crippen LogP contribution in [0.2, 0.25) is 0 Å². The third-order valence-corrected chi connectivity index (χ3v) is 4.54. The molecule has 1 aliphatic carbocycles. The zero-order valence-corrected chi connectivity index (χ0v) is 11.5. The maximum Gasteiger partial charge on any atom is 0.120 e. The molecule has 4 heteroatoms. The Kier molecular flexibility index (Phi) is 4.77. The summed E-state index contributed by atoms with van der Waals surface area (Å²) in [6.07, 6.45) is 6.76. The first-order valence-corrected chi connectivity index (χ1v) is 7.28. The van der Waals surface area contributed by atoms with Crippen molar-refractivity contribution in [1.82, 2.24) is 4.90 Å². The predicted octanol–water partition coefficient (Wildman–Crippen LogP) is 1.94. The normalized spacial score (nSPS) is 35.7. The van der Waals surface area contributed by atoms with E-state index in [0.29, 0.717) is 4.99 Å². The van der Waals surface area contributed by atoms with Gasteiger partial charge in [0.1, 0.15) is 11.1 Å². The molecule has 2 rings (SSSR count). The third kappa shape index (κ3) is 3.18. The third-order valence-electron chi connectivity index (χ3n) is 4.28. The second-order valence-corrected chi connectivity index (χ2v) is 5.75. The van der Waals surface area contributed by atoms with E-state index in [-0.39, 0.29) is 6.10 Å². The molecule has 2 fully saturated rings. The fourth-order valence-corrected chi connectivity index (χ4v) is 3.43. The molecule has 2 N–H and O–H groups in total. The molecule has 0 aromatic rings. The minimum atomic E-state index is -0.0295. The number of hydrogen-bond donors (Lipinski definition) is 1. The predicted molar refractivity (Wildman–Crippen MR) is 74.1 cm³/mol. The van der Waals surface area contributed by atoms with Crippen molar-refractivity contribution in [3.05, 3.63) is 0 Å². The SMILES string of the molecule is CCC1CCCCC1N1CCOC(C(N)=S)C1. The Balaban J connectivity index is 1.97. The van der Waals surface area contributed by atoms with Gasteiger partial charge in [0.05, 0.1) is 6.61 Å². The molecule has 1 heterocycles. The van der Waals surface area contributed by atoms with Gasteiger partial charge in [-0.15, -0.1) is 0 Å². The van der Waals surface area contributed by atoms with E-state index in [9.17, 15) is 0 Å². The number of nitrogens with zero attached hydrogens (tertiary/aromatic N) is 1. The summed E-state index contributed by atoms with van der Waals surface area (Å²) in [5, 5.41) is 0. The van der Waals surface area contributed by atoms with Crippen molar-refractivity contribution in [1.29, 1.82) is 0 Å². The van der Waals surface area contributed by atoms with Crippen LogP contribution in [-0.4, -0.2) is 41.7 Å². The van der Waals surface area contributed by atoms with Crippen molar-refractivity contribution >= 4 is 17.2 Å². The molecule has 3 atom stereocenters. The lowest BCUT2D eigenvalue weighted by Gasteiger charge is -2.43. The minimum Gasteiger partial charge on any atom is -0.391 e. The molecule has 0 aromatic carbocycles. The van der Waals surface area contributed by atoms with Crippen molar-refractivity contribution in [2.45, 2.75) is 51.2 Å². The summed E-state index contributed by atoms with van der Waals surface area (Å²) < 4.78 is 5.62. The van der Waals surface area contributed by atoms with Crippen LogP contribution < -0.4 is 5.73 Å². The van der Waals surface area contributed by atoms with Crippen LogP contribution in [0.25, 0.3) is 0 Å². The molecule has 98 valence electrons. The fourth-order valence-electron chi connectivity index (χ4n) is 3.29. The van der Waals surface area contributed by atoms with E-state index in [1.54, 1.807) is 0 Å². The number of morpholine rings is 1. The second-order valence-electron chi connectivity index (χ2n) is 5.28. The van der Waals surface area contributed by atoms with Crippen molar-refractivity contribution < 1.29 is 4.74 Å². The zero-order chi connectivity index (χ0) is 12.3. The van der Waals surface area contributed by atoms with Crippen LogP contribution in [0.15, 0.2) is 0 Å². The summed E-state index contributed by atoms with van der Waals surface area (Å²) in [6, 6.07) is 0.731. The lowest BCUT2D eigenvalue weighted by Crippen LogP contribution is -2.53. The molecule has 17 heavy (non-hydrogen) atoms. The van der Waals surface area contributed by atoms with Crippen molar-refractivity contribution in [2.24, 2.45) is 11.7 Å². The van der Waals surface area contributed by atoms with E-state index >= 15 is 0 Å². The van der Waals surface area contributed by atoms with E-state index in [0.717, 1.165) is 31.7 Å². The molecular weight excluding hydrogens is 232 g/mol. The van der Waals surface area contributed by atoms with E-state index in [2.05, 4.69) is 11.8 Å². The van der Waals surface area contributed by atoms with Crippen LogP contribution in [0.4, 0.5) is 0 Å². The van der Waals surface area contributed by atoms with E-state index in [1.165, 1.54) is 32.1 Å². The largest absolute Gasteiger partial charge is 0.391 e. The Morgan fingerprint density at radius 1 is 1.41 bits per heavy atom. The Morgan fingerprint density at radius 3 is 2.88 bits per heavy atom. The van der Waals surface area contributed by atoms with E-state index < -0.39 is 0 Å². The minimum absolute atomic E-state index is 0.0295. The van der Waals surface area contributed by atoms with Crippen LogP contribution in [0.5, 0.6) is 0 Å². The summed E-state index contributed by atoms with van der Waals surface area (Å²) in [6.45, 7) is 5.03. The summed E-state index contributed by atoms with van der Waals surface area (Å²) in [7, 11) is 0. The van der Waals surface area contributed by atoms with Crippen LogP contribution in [0, 0.1) is 5.92 Å². The smallest absolute Gasteiger partial charge is 0.120 e. The molecular formula is C13H24N2OS. The molecule has 0 spiro atoms. The lowest BCUT2D eigenvalue weighted by atomic mass is 9.81. The van der Waals surface area contributed by atoms with E-state index in [1.807, 2.05) is 0 Å². The van der Waals surface area contributed by atoms with E-state index in [4.69, 9.17) is 22.7 Å². The first-order chi connectivity index (χ1) is 8.22. The second kappa shape index (κ2) is 6.12. The van der Waals surface area contributed by atoms with Gasteiger partial charge in [-0.2, -0.15) is 0 Å². The first kappa shape index (κ1) is 13.2. The number of thiocarbonyl (C=S) groups is 1. The highest BCUT2D eigenvalue weighted by molar-refractivity contribution is 7.80. The monoisotopic (exact) mass is 256 g/mol. The van der Waals surface area contributed by atoms with Gasteiger partial charge in [-0.3, -0.25) is 4.90 Å². The molecule has 0 radical (unpaired) electrons. The summed E-state index contributed by atoms with van der Waals surface area (Å²) in [5.74, 6) is 0.855. The Labute approximate surface area is 110 Å². The Bertz CT molecular complexity index is 272. The molecule has 1 saturated heterocycles. The molecule has 3 unspecified atom stereocenters. The Hall–Kier alpha value is -0.190. The van der Waals surface area contributed by atoms with Gasteiger partial charge in [0.2, 0.25) is 0 Å². The molecule has 0 aromatic heterocycles. The first-order valence-electron chi connectivity index (χ1n) is 6.87. The van der Waals surface area contributed by atoms with Crippen LogP contribution >= 0.6 is 12.2 Å². The molecule has 2 aliphatic rings. The standard InChI is InChI=1S/C13H24N2OS/c1-2-10-5-3-4-6-11(10)15-7-8-16-12(9-15)13(14)17/h10-12H,2-9H2,1H3,(H2,14,17). The van der Waals surface area contributed by atoms with Crippen molar-refractivity contribution in [2.75, 3.05) is 19.7 Å². The average molecular weight is 256 g/mol. The van der Waals surface area contributed by atoms with Crippen LogP contribution in [0.1, 0.15) is 39.0 Å². The molecule has 1 saturated carbocycles. The molecule has 0 bridgehead atoms. The topological polar surface area (TPSA) is 38.5 Å². The van der Waals surface area contributed by atoms with Crippen molar-refractivity contribution in [3.63, 3.8) is 0 Å². The Morgan fingerprint density at radius 2 is 2.18 bits per heavy atom. The summed E-state index contributed by atoms with van der Waals surface area (Å²) in [4.78, 5) is 3.08. The number of hydrogen-bond acceptors (Lipinski definition) is 3. The van der Waals surface area contributed by atoms with Crippen LogP contribution in [-0.2, 0) is 4.74 Å². The average Bonchev–Trinajstić information content (AvgIpc) is 2.39. The number of ether oxygens (including phenoxy) is 1. The maximum atomic E-state index is 5.71. The number of rotatable bonds is 3. The van der Waals surface area contributed by atoms with Gasteiger partial charge in [0, 0.05) is 19.1 Å². The highest BCUT2D eigenvalue weighted by Gasteiger charge is 2.33. The summed E-state index contributed by atoms with van der Waals surface area (Å²) in [5.41, 5.74) is 5.71. The summed E-state index contributed by atoms with van der Waals surface area (Å²) >= 11 is 5.05. The number of nitrogens with two attached hydrogens (primary N) is 1.